The minimum absolute atomic E-state index is 0.256. The third kappa shape index (κ3) is 5.97. The number of hydrogen-bond acceptors (Lipinski definition) is 5. The molecule has 0 spiro atoms. The summed E-state index contributed by atoms with van der Waals surface area (Å²) in [6.45, 7) is 1.91. The molecule has 0 bridgehead atoms. The van der Waals surface area contributed by atoms with Gasteiger partial charge in [-0.1, -0.05) is 36.2 Å². The van der Waals surface area contributed by atoms with E-state index in [-0.39, 0.29) is 17.8 Å². The van der Waals surface area contributed by atoms with E-state index in [0.717, 1.165) is 6.21 Å². The number of halogens is 2. The lowest BCUT2D eigenvalue weighted by atomic mass is 9.88. The second-order valence-corrected chi connectivity index (χ2v) is 7.72. The lowest BCUT2D eigenvalue weighted by Crippen LogP contribution is -2.24. The van der Waals surface area contributed by atoms with E-state index in [4.69, 9.17) is 39.1 Å². The summed E-state index contributed by atoms with van der Waals surface area (Å²) in [5, 5.41) is 11.1. The molecule has 0 aliphatic rings. The first-order chi connectivity index (χ1) is 14.3. The van der Waals surface area contributed by atoms with E-state index in [1.165, 1.54) is 7.11 Å². The van der Waals surface area contributed by atoms with Crippen molar-refractivity contribution >= 4 is 52.7 Å². The zero-order valence-electron chi connectivity index (χ0n) is 16.9. The van der Waals surface area contributed by atoms with E-state index < -0.39 is 5.92 Å². The molecule has 0 aliphatic heterocycles. The zero-order chi connectivity index (χ0) is 22.3. The maximum Gasteiger partial charge on any atom is 0.308 e. The minimum Gasteiger partial charge on any atom is -0.469 e. The van der Waals surface area contributed by atoms with Crippen LogP contribution in [0.2, 0.25) is 10.0 Å². The van der Waals surface area contributed by atoms with Gasteiger partial charge in [-0.15, -0.1) is 0 Å². The van der Waals surface area contributed by atoms with Crippen molar-refractivity contribution in [3.8, 4) is 0 Å². The Morgan fingerprint density at radius 3 is 2.50 bits per heavy atom. The molecular weight excluding hydrogens is 425 g/mol. The van der Waals surface area contributed by atoms with E-state index in [0.29, 0.717) is 51.8 Å². The van der Waals surface area contributed by atoms with Gasteiger partial charge >= 0.3 is 5.97 Å². The zero-order valence-corrected chi connectivity index (χ0v) is 18.4. The Bertz CT molecular complexity index is 934. The fourth-order valence-electron chi connectivity index (χ4n) is 3.21. The highest BCUT2D eigenvalue weighted by atomic mass is 35.5. The molecule has 2 aromatic rings. The second-order valence-electron chi connectivity index (χ2n) is 6.91. The first-order valence-electron chi connectivity index (χ1n) is 9.54. The van der Waals surface area contributed by atoms with Crippen LogP contribution >= 0.6 is 23.2 Å². The number of amides is 1. The second kappa shape index (κ2) is 11.0. The van der Waals surface area contributed by atoms with E-state index in [1.807, 2.05) is 6.92 Å². The lowest BCUT2D eigenvalue weighted by Gasteiger charge is -2.20. The predicted molar refractivity (Wildman–Crippen MR) is 122 cm³/mol. The summed E-state index contributed by atoms with van der Waals surface area (Å²) in [4.78, 5) is 25.1. The maximum atomic E-state index is 13.1. The van der Waals surface area contributed by atoms with Gasteiger partial charge in [0.1, 0.15) is 0 Å². The number of benzene rings is 2. The number of ether oxygens (including phenoxy) is 1. The summed E-state index contributed by atoms with van der Waals surface area (Å²) in [5.41, 5.74) is 8.00. The molecule has 0 radical (unpaired) electrons. The number of rotatable bonds is 9. The van der Waals surface area contributed by atoms with Gasteiger partial charge in [0.15, 0.2) is 0 Å². The first-order valence-corrected chi connectivity index (χ1v) is 10.3. The highest BCUT2D eigenvalue weighted by Crippen LogP contribution is 2.31. The van der Waals surface area contributed by atoms with Crippen molar-refractivity contribution in [3.63, 3.8) is 0 Å². The molecule has 0 saturated carbocycles. The number of nitrogens with one attached hydrogen (secondary N) is 2. The van der Waals surface area contributed by atoms with Crippen LogP contribution in [0.25, 0.3) is 0 Å². The largest absolute Gasteiger partial charge is 0.469 e. The van der Waals surface area contributed by atoms with E-state index in [1.54, 1.807) is 36.4 Å². The van der Waals surface area contributed by atoms with Crippen molar-refractivity contribution in [2.75, 3.05) is 18.2 Å². The molecule has 2 atom stereocenters. The SMILES string of the molecule is CCC(CCC(C(=O)Nc1ccc(N)c(C=N)c1)c1ccc(Cl)c(Cl)c1)C(=O)OC. The molecule has 2 rings (SSSR count). The van der Waals surface area contributed by atoms with E-state index in [9.17, 15) is 9.59 Å². The van der Waals surface area contributed by atoms with Crippen molar-refractivity contribution in [3.05, 3.63) is 57.6 Å². The minimum atomic E-state index is -0.556. The van der Waals surface area contributed by atoms with Crippen LogP contribution in [0.5, 0.6) is 0 Å². The molecule has 4 N–H and O–H groups in total. The first kappa shape index (κ1) is 23.7. The van der Waals surface area contributed by atoms with Crippen molar-refractivity contribution in [1.29, 1.82) is 5.41 Å². The topological polar surface area (TPSA) is 105 Å². The summed E-state index contributed by atoms with van der Waals surface area (Å²) in [7, 11) is 1.36. The number of methoxy groups -OCH3 is 1. The van der Waals surface area contributed by atoms with Gasteiger partial charge in [0.2, 0.25) is 5.91 Å². The maximum absolute atomic E-state index is 13.1. The van der Waals surface area contributed by atoms with Crippen LogP contribution < -0.4 is 11.1 Å². The van der Waals surface area contributed by atoms with Gasteiger partial charge in [0.05, 0.1) is 29.0 Å². The van der Waals surface area contributed by atoms with Crippen LogP contribution in [-0.2, 0) is 14.3 Å². The third-order valence-corrected chi connectivity index (χ3v) is 5.74. The molecule has 8 heteroatoms. The van der Waals surface area contributed by atoms with E-state index >= 15 is 0 Å². The third-order valence-electron chi connectivity index (χ3n) is 5.00. The summed E-state index contributed by atoms with van der Waals surface area (Å²) in [5.74, 6) is -1.40. The van der Waals surface area contributed by atoms with Gasteiger partial charge in [0, 0.05) is 23.2 Å². The molecule has 30 heavy (non-hydrogen) atoms. The summed E-state index contributed by atoms with van der Waals surface area (Å²) in [6.07, 6.45) is 2.64. The molecule has 0 fully saturated rings. The summed E-state index contributed by atoms with van der Waals surface area (Å²) < 4.78 is 4.86. The number of nitrogens with two attached hydrogens (primary N) is 1. The van der Waals surface area contributed by atoms with Crippen LogP contribution in [0.4, 0.5) is 11.4 Å². The van der Waals surface area contributed by atoms with Crippen LogP contribution in [0, 0.1) is 11.3 Å². The van der Waals surface area contributed by atoms with Crippen molar-refractivity contribution in [1.82, 2.24) is 0 Å². The van der Waals surface area contributed by atoms with Crippen LogP contribution in [0.3, 0.4) is 0 Å². The molecule has 0 aromatic heterocycles. The molecule has 160 valence electrons. The lowest BCUT2D eigenvalue weighted by molar-refractivity contribution is -0.146. The normalized spacial score (nSPS) is 12.7. The summed E-state index contributed by atoms with van der Waals surface area (Å²) in [6, 6.07) is 10.0. The quantitative estimate of drug-likeness (QED) is 0.275. The van der Waals surface area contributed by atoms with Gasteiger partial charge in [-0.25, -0.2) is 0 Å². The highest BCUT2D eigenvalue weighted by molar-refractivity contribution is 6.42. The van der Waals surface area contributed by atoms with Crippen LogP contribution in [0.15, 0.2) is 36.4 Å². The fourth-order valence-corrected chi connectivity index (χ4v) is 3.51. The van der Waals surface area contributed by atoms with Crippen molar-refractivity contribution in [2.45, 2.75) is 32.1 Å². The van der Waals surface area contributed by atoms with Crippen LogP contribution in [-0.4, -0.2) is 25.2 Å². The Labute approximate surface area is 186 Å². The average Bonchev–Trinajstić information content (AvgIpc) is 2.74. The Balaban J connectivity index is 2.29. The molecule has 6 nitrogen and oxygen atoms in total. The monoisotopic (exact) mass is 449 g/mol. The Hall–Kier alpha value is -2.57. The van der Waals surface area contributed by atoms with Crippen molar-refractivity contribution < 1.29 is 14.3 Å². The molecular formula is C22H25Cl2N3O3. The summed E-state index contributed by atoms with van der Waals surface area (Å²) >= 11 is 12.2. The van der Waals surface area contributed by atoms with Gasteiger partial charge < -0.3 is 21.2 Å². The van der Waals surface area contributed by atoms with Gasteiger partial charge in [0.25, 0.3) is 0 Å². The molecule has 0 aliphatic carbocycles. The van der Waals surface area contributed by atoms with Crippen LogP contribution in [0.1, 0.15) is 43.2 Å². The molecule has 2 unspecified atom stereocenters. The number of esters is 1. The number of hydrogen-bond donors (Lipinski definition) is 3. The van der Waals surface area contributed by atoms with Gasteiger partial charge in [-0.2, -0.15) is 0 Å². The number of nitrogen functional groups attached to an aromatic ring is 1. The Morgan fingerprint density at radius 2 is 1.90 bits per heavy atom. The standard InChI is InChI=1S/C22H25Cl2N3O3/c1-3-13(22(29)30-2)4-7-17(14-5-8-18(23)19(24)11-14)21(28)27-16-6-9-20(26)15(10-16)12-25/h5-6,8-13,17,25H,3-4,7,26H2,1-2H3,(H,27,28). The Kier molecular flexibility index (Phi) is 8.69. The van der Waals surface area contributed by atoms with Crippen molar-refractivity contribution in [2.24, 2.45) is 5.92 Å². The number of anilines is 2. The average molecular weight is 450 g/mol. The van der Waals surface area contributed by atoms with Gasteiger partial charge in [-0.05, 0) is 55.2 Å². The smallest absolute Gasteiger partial charge is 0.308 e. The number of carbonyl (C=O) groups excluding carboxylic acids is 2. The molecule has 0 heterocycles. The molecule has 2 aromatic carbocycles. The van der Waals surface area contributed by atoms with E-state index in [2.05, 4.69) is 5.32 Å². The predicted octanol–water partition coefficient (Wildman–Crippen LogP) is 5.27. The molecule has 0 saturated heterocycles. The number of carbonyl (C=O) groups is 2. The highest BCUT2D eigenvalue weighted by Gasteiger charge is 2.25. The molecule has 1 amide bonds. The Morgan fingerprint density at radius 1 is 1.17 bits per heavy atom. The van der Waals surface area contributed by atoms with Gasteiger partial charge in [-0.3, -0.25) is 9.59 Å². The fraction of sp³-hybridized carbons (Fsp3) is 0.318.